The van der Waals surface area contributed by atoms with Gasteiger partial charge in [-0.15, -0.1) is 0 Å². The predicted octanol–water partition coefficient (Wildman–Crippen LogP) is 15.7. The Morgan fingerprint density at radius 2 is 0.492 bits per heavy atom. The summed E-state index contributed by atoms with van der Waals surface area (Å²) in [5, 5.41) is 4.31. The van der Waals surface area contributed by atoms with E-state index in [1.54, 1.807) is 0 Å². The van der Waals surface area contributed by atoms with Crippen molar-refractivity contribution >= 4 is 43.9 Å². The van der Waals surface area contributed by atoms with Gasteiger partial charge < -0.3 is 17.7 Å². The Balaban J connectivity index is 1.08. The van der Waals surface area contributed by atoms with Crippen LogP contribution < -0.4 is 0 Å². The summed E-state index contributed by atoms with van der Waals surface area (Å²) in [4.78, 5) is 0. The molecule has 0 atom stereocenters. The molecule has 2 aliphatic rings. The lowest BCUT2D eigenvalue weighted by molar-refractivity contribution is 0.631. The van der Waals surface area contributed by atoms with Crippen molar-refractivity contribution in [3.63, 3.8) is 0 Å². The molecule has 0 fully saturated rings. The van der Waals surface area contributed by atoms with Crippen molar-refractivity contribution in [3.05, 3.63) is 216 Å². The smallest absolute Gasteiger partial charge is 0.135 e. The second-order valence-corrected chi connectivity index (χ2v) is 16.4. The molecule has 12 aromatic rings. The average Bonchev–Trinajstić information content (AvgIpc) is 4.17. The van der Waals surface area contributed by atoms with Gasteiger partial charge in [0.05, 0.1) is 5.41 Å². The quantitative estimate of drug-likeness (QED) is 0.178. The van der Waals surface area contributed by atoms with Crippen LogP contribution in [-0.4, -0.2) is 0 Å². The van der Waals surface area contributed by atoms with Crippen LogP contribution in [0.5, 0.6) is 0 Å². The largest absolute Gasteiger partial charge is 0.456 e. The molecule has 0 unspecified atom stereocenters. The Kier molecular flexibility index (Phi) is 6.46. The highest BCUT2D eigenvalue weighted by atomic mass is 16.3. The van der Waals surface area contributed by atoms with Gasteiger partial charge in [-0.3, -0.25) is 0 Å². The number of hydrogen-bond acceptors (Lipinski definition) is 4. The zero-order valence-electron chi connectivity index (χ0n) is 32.6. The Bertz CT molecular complexity index is 3160. The molecule has 4 heteroatoms. The molecule has 0 aliphatic heterocycles. The first kappa shape index (κ1) is 32.8. The molecular formula is C57H32O4. The van der Waals surface area contributed by atoms with Crippen molar-refractivity contribution in [2.24, 2.45) is 0 Å². The minimum Gasteiger partial charge on any atom is -0.456 e. The van der Waals surface area contributed by atoms with Crippen LogP contribution in [0.3, 0.4) is 0 Å². The zero-order chi connectivity index (χ0) is 39.8. The number of benzene rings is 8. The zero-order valence-corrected chi connectivity index (χ0v) is 32.6. The fourth-order valence-electron chi connectivity index (χ4n) is 10.3. The Morgan fingerprint density at radius 1 is 0.246 bits per heavy atom. The van der Waals surface area contributed by atoms with Crippen molar-refractivity contribution in [3.8, 4) is 67.5 Å². The van der Waals surface area contributed by atoms with E-state index in [2.05, 4.69) is 146 Å². The van der Waals surface area contributed by atoms with Crippen LogP contribution in [0.1, 0.15) is 22.3 Å². The van der Waals surface area contributed by atoms with Crippen molar-refractivity contribution in [1.82, 2.24) is 0 Å². The molecule has 4 nitrogen and oxygen atoms in total. The molecule has 0 radical (unpaired) electrons. The van der Waals surface area contributed by atoms with Gasteiger partial charge in [0.15, 0.2) is 0 Å². The third-order valence-corrected chi connectivity index (χ3v) is 13.1. The topological polar surface area (TPSA) is 52.6 Å². The van der Waals surface area contributed by atoms with E-state index in [0.717, 1.165) is 89.2 Å². The maximum atomic E-state index is 6.56. The van der Waals surface area contributed by atoms with Crippen LogP contribution in [0.2, 0.25) is 0 Å². The van der Waals surface area contributed by atoms with Gasteiger partial charge in [-0.05, 0) is 117 Å². The van der Waals surface area contributed by atoms with Gasteiger partial charge >= 0.3 is 0 Å². The highest BCUT2D eigenvalue weighted by Crippen LogP contribution is 2.64. The number of hydrogen-bond donors (Lipinski definition) is 0. The average molecular weight is 781 g/mol. The van der Waals surface area contributed by atoms with Gasteiger partial charge in [0.2, 0.25) is 0 Å². The third kappa shape index (κ3) is 4.59. The van der Waals surface area contributed by atoms with Crippen LogP contribution in [0.25, 0.3) is 111 Å². The number of para-hydroxylation sites is 4. The van der Waals surface area contributed by atoms with Crippen LogP contribution in [0.4, 0.5) is 0 Å². The van der Waals surface area contributed by atoms with E-state index < -0.39 is 5.41 Å². The maximum absolute atomic E-state index is 6.56. The van der Waals surface area contributed by atoms with E-state index in [1.165, 1.54) is 44.5 Å². The van der Waals surface area contributed by atoms with E-state index in [0.29, 0.717) is 0 Å². The lowest BCUT2D eigenvalue weighted by Crippen LogP contribution is -2.26. The van der Waals surface area contributed by atoms with Crippen LogP contribution in [-0.2, 0) is 5.41 Å². The van der Waals surface area contributed by atoms with Gasteiger partial charge in [-0.1, -0.05) is 121 Å². The van der Waals surface area contributed by atoms with Crippen molar-refractivity contribution in [1.29, 1.82) is 0 Å². The van der Waals surface area contributed by atoms with Crippen molar-refractivity contribution in [2.45, 2.75) is 5.41 Å². The summed E-state index contributed by atoms with van der Waals surface area (Å²) in [5.41, 5.74) is 16.4. The predicted molar refractivity (Wildman–Crippen MR) is 244 cm³/mol. The van der Waals surface area contributed by atoms with Crippen LogP contribution in [0, 0.1) is 0 Å². The molecular weight excluding hydrogens is 749 g/mol. The molecule has 0 saturated heterocycles. The summed E-state index contributed by atoms with van der Waals surface area (Å²) in [6.07, 6.45) is 0. The fourth-order valence-corrected chi connectivity index (χ4v) is 10.3. The summed E-state index contributed by atoms with van der Waals surface area (Å²) in [7, 11) is 0. The van der Waals surface area contributed by atoms with Gasteiger partial charge in [-0.2, -0.15) is 0 Å². The minimum atomic E-state index is -0.733. The molecule has 0 N–H and O–H groups in total. The Morgan fingerprint density at radius 3 is 0.738 bits per heavy atom. The second kappa shape index (κ2) is 12.0. The highest BCUT2D eigenvalue weighted by molar-refractivity contribution is 5.99. The minimum absolute atomic E-state index is 0.733. The first-order valence-corrected chi connectivity index (χ1v) is 20.7. The molecule has 0 bridgehead atoms. The Hall–Kier alpha value is -8.08. The summed E-state index contributed by atoms with van der Waals surface area (Å²) in [6.45, 7) is 0. The molecule has 2 aliphatic carbocycles. The van der Waals surface area contributed by atoms with E-state index in [9.17, 15) is 0 Å². The van der Waals surface area contributed by atoms with Crippen LogP contribution in [0.15, 0.2) is 212 Å². The summed E-state index contributed by atoms with van der Waals surface area (Å²) < 4.78 is 26.2. The standard InChI is InChI=1S/C57H32O4/c1-5-13-49-33(9-1)29-53(58-49)37-17-21-41-42-22-18-38(54-30-34-10-2-6-14-50(34)59-54)26-46(42)57(45(41)25-37)47-27-39(55-31-35-11-3-7-15-51(35)60-55)19-23-43(47)44-24-20-40(28-48(44)57)56-32-36-12-4-8-16-52(36)61-56/h1-32H. The SMILES string of the molecule is c1ccc2oc(-c3ccc4c(c3)C3(c5cc(-c6cc7ccccc7o6)ccc5-4)c4cc(-c5cc6ccccc6o5)ccc4-c4ccc(-c5cc6ccccc6o5)cc43)cc2c1. The number of fused-ring (bicyclic) bond motifs is 14. The first-order valence-electron chi connectivity index (χ1n) is 20.7. The summed E-state index contributed by atoms with van der Waals surface area (Å²) in [6, 6.07) is 69.0. The molecule has 284 valence electrons. The molecule has 0 saturated carbocycles. The lowest BCUT2D eigenvalue weighted by atomic mass is 9.69. The van der Waals surface area contributed by atoms with Crippen molar-refractivity contribution < 1.29 is 17.7 Å². The van der Waals surface area contributed by atoms with Gasteiger partial charge in [0.25, 0.3) is 0 Å². The van der Waals surface area contributed by atoms with E-state index in [-0.39, 0.29) is 0 Å². The molecule has 0 amide bonds. The second-order valence-electron chi connectivity index (χ2n) is 16.4. The van der Waals surface area contributed by atoms with E-state index >= 15 is 0 Å². The van der Waals surface area contributed by atoms with E-state index in [1.807, 2.05) is 48.5 Å². The number of rotatable bonds is 4. The van der Waals surface area contributed by atoms with Crippen molar-refractivity contribution in [2.75, 3.05) is 0 Å². The van der Waals surface area contributed by atoms with Gasteiger partial charge in [0, 0.05) is 43.8 Å². The van der Waals surface area contributed by atoms with Gasteiger partial charge in [0.1, 0.15) is 45.4 Å². The lowest BCUT2D eigenvalue weighted by Gasteiger charge is -2.31. The molecule has 61 heavy (non-hydrogen) atoms. The number of furan rings is 4. The molecule has 1 spiro atoms. The molecule has 14 rings (SSSR count). The molecule has 8 aromatic carbocycles. The molecule has 4 aromatic heterocycles. The third-order valence-electron chi connectivity index (χ3n) is 13.1. The van der Waals surface area contributed by atoms with Gasteiger partial charge in [-0.25, -0.2) is 0 Å². The summed E-state index contributed by atoms with van der Waals surface area (Å²) >= 11 is 0. The molecule has 4 heterocycles. The Labute approximate surface area is 349 Å². The van der Waals surface area contributed by atoms with E-state index in [4.69, 9.17) is 17.7 Å². The maximum Gasteiger partial charge on any atom is 0.135 e. The first-order chi connectivity index (χ1) is 30.2. The fraction of sp³-hybridized carbons (Fsp3) is 0.0175. The monoisotopic (exact) mass is 780 g/mol. The normalized spacial score (nSPS) is 13.4. The highest BCUT2D eigenvalue weighted by Gasteiger charge is 2.52. The van der Waals surface area contributed by atoms with Crippen LogP contribution >= 0.6 is 0 Å². The summed E-state index contributed by atoms with van der Waals surface area (Å²) in [5.74, 6) is 3.35.